The number of carbonyl (C=O) groups excluding carboxylic acids is 1. The van der Waals surface area contributed by atoms with Crippen molar-refractivity contribution >= 4 is 64.2 Å². The molecule has 1 amide bonds. The minimum atomic E-state index is -0.297. The lowest BCUT2D eigenvalue weighted by molar-refractivity contribution is 0.102. The molecule has 0 aliphatic heterocycles. The number of imidazole rings is 1. The van der Waals surface area contributed by atoms with Crippen molar-refractivity contribution in [2.45, 2.75) is 19.4 Å². The molecule has 0 unspecified atom stereocenters. The molecule has 1 aromatic heterocycles. The van der Waals surface area contributed by atoms with Crippen molar-refractivity contribution in [3.8, 4) is 0 Å². The molecule has 5 nitrogen and oxygen atoms in total. The lowest BCUT2D eigenvalue weighted by Crippen LogP contribution is -2.11. The van der Waals surface area contributed by atoms with E-state index in [1.165, 1.54) is 5.56 Å². The topological polar surface area (TPSA) is 72.9 Å². The first-order valence-electron chi connectivity index (χ1n) is 9.57. The molecule has 0 spiro atoms. The Labute approximate surface area is 196 Å². The van der Waals surface area contributed by atoms with E-state index in [0.717, 1.165) is 30.4 Å². The van der Waals surface area contributed by atoms with Crippen molar-refractivity contribution in [1.29, 1.82) is 0 Å². The van der Waals surface area contributed by atoms with Crippen molar-refractivity contribution in [3.63, 3.8) is 0 Å². The van der Waals surface area contributed by atoms with Crippen LogP contribution in [-0.2, 0) is 13.0 Å². The molecule has 3 aromatic carbocycles. The molecule has 0 atom stereocenters. The second-order valence-electron chi connectivity index (χ2n) is 7.03. The van der Waals surface area contributed by atoms with Crippen molar-refractivity contribution in [2.24, 2.45) is 0 Å². The summed E-state index contributed by atoms with van der Waals surface area (Å²) in [5, 5.41) is 3.67. The maximum atomic E-state index is 12.5. The lowest BCUT2D eigenvalue weighted by atomic mass is 10.1. The van der Waals surface area contributed by atoms with Crippen LogP contribution >= 0.6 is 35.6 Å². The summed E-state index contributed by atoms with van der Waals surface area (Å²) in [5.74, 6) is 0.164. The highest BCUT2D eigenvalue weighted by molar-refractivity contribution is 6.35. The standard InChI is InChI=1S/C23H20Cl2N4O.ClH/c24-17-11-16(12-18(25)13-17)22(30)27-19-8-9-21-20(14-19)28-23(26)29(21)10-4-7-15-5-2-1-3-6-15;/h1-3,5-6,8-9,11-14H,4,7,10H2,(H2,26,28)(H,27,30);1H. The zero-order valence-corrected chi connectivity index (χ0v) is 18.8. The number of aromatic nitrogens is 2. The summed E-state index contributed by atoms with van der Waals surface area (Å²) in [4.78, 5) is 17.0. The Bertz CT molecular complexity index is 1190. The van der Waals surface area contributed by atoms with Gasteiger partial charge in [0.05, 0.1) is 11.0 Å². The van der Waals surface area contributed by atoms with Gasteiger partial charge in [-0.1, -0.05) is 53.5 Å². The second-order valence-corrected chi connectivity index (χ2v) is 7.90. The minimum Gasteiger partial charge on any atom is -0.369 e. The SMILES string of the molecule is Cl.Nc1nc2cc(NC(=O)c3cc(Cl)cc(Cl)c3)ccc2n1CCCc1ccccc1. The van der Waals surface area contributed by atoms with E-state index in [4.69, 9.17) is 28.9 Å². The zero-order valence-electron chi connectivity index (χ0n) is 16.5. The van der Waals surface area contributed by atoms with Crippen LogP contribution in [-0.4, -0.2) is 15.5 Å². The molecule has 0 radical (unpaired) electrons. The molecule has 0 bridgehead atoms. The average Bonchev–Trinajstić information content (AvgIpc) is 3.02. The number of carbonyl (C=O) groups is 1. The van der Waals surface area contributed by atoms with Gasteiger partial charge in [0.25, 0.3) is 5.91 Å². The van der Waals surface area contributed by atoms with E-state index in [2.05, 4.69) is 22.4 Å². The summed E-state index contributed by atoms with van der Waals surface area (Å²) in [6.07, 6.45) is 1.92. The van der Waals surface area contributed by atoms with E-state index < -0.39 is 0 Å². The second kappa shape index (κ2) is 10.1. The van der Waals surface area contributed by atoms with Gasteiger partial charge in [0, 0.05) is 27.8 Å². The smallest absolute Gasteiger partial charge is 0.255 e. The number of benzene rings is 3. The van der Waals surface area contributed by atoms with E-state index in [0.29, 0.717) is 27.2 Å². The monoisotopic (exact) mass is 474 g/mol. The average molecular weight is 476 g/mol. The van der Waals surface area contributed by atoms with Gasteiger partial charge in [0.15, 0.2) is 0 Å². The van der Waals surface area contributed by atoms with Crippen molar-refractivity contribution in [2.75, 3.05) is 11.1 Å². The summed E-state index contributed by atoms with van der Waals surface area (Å²) in [7, 11) is 0. The Morgan fingerprint density at radius 2 is 1.71 bits per heavy atom. The molecular weight excluding hydrogens is 455 g/mol. The third-order valence-corrected chi connectivity index (χ3v) is 5.29. The molecule has 3 N–H and O–H groups in total. The van der Waals surface area contributed by atoms with Gasteiger partial charge in [-0.05, 0) is 54.8 Å². The van der Waals surface area contributed by atoms with Gasteiger partial charge < -0.3 is 15.6 Å². The Hall–Kier alpha value is -2.73. The zero-order chi connectivity index (χ0) is 21.1. The molecule has 0 aliphatic carbocycles. The first-order chi connectivity index (χ1) is 14.5. The van der Waals surface area contributed by atoms with Gasteiger partial charge in [-0.3, -0.25) is 4.79 Å². The van der Waals surface area contributed by atoms with Crippen LogP contribution in [0.15, 0.2) is 66.7 Å². The number of rotatable bonds is 6. The Balaban J connectivity index is 0.00000272. The highest BCUT2D eigenvalue weighted by Gasteiger charge is 2.12. The van der Waals surface area contributed by atoms with Crippen LogP contribution in [0.25, 0.3) is 11.0 Å². The molecule has 4 aromatic rings. The Morgan fingerprint density at radius 1 is 1.00 bits per heavy atom. The van der Waals surface area contributed by atoms with E-state index in [9.17, 15) is 4.79 Å². The predicted octanol–water partition coefficient (Wildman–Crippen LogP) is 6.23. The molecule has 31 heavy (non-hydrogen) atoms. The lowest BCUT2D eigenvalue weighted by Gasteiger charge is -2.08. The number of nitrogens with one attached hydrogen (secondary N) is 1. The predicted molar refractivity (Wildman–Crippen MR) is 131 cm³/mol. The van der Waals surface area contributed by atoms with Crippen molar-refractivity contribution in [3.05, 3.63) is 87.9 Å². The highest BCUT2D eigenvalue weighted by atomic mass is 35.5. The Morgan fingerprint density at radius 3 is 2.42 bits per heavy atom. The number of fused-ring (bicyclic) bond motifs is 1. The van der Waals surface area contributed by atoms with Gasteiger partial charge in [-0.15, -0.1) is 12.4 Å². The summed E-state index contributed by atoms with van der Waals surface area (Å²) < 4.78 is 2.00. The molecule has 0 saturated carbocycles. The van der Waals surface area contributed by atoms with Gasteiger partial charge in [0.2, 0.25) is 5.95 Å². The number of nitrogen functional groups attached to an aromatic ring is 1. The molecule has 160 valence electrons. The summed E-state index contributed by atoms with van der Waals surface area (Å²) in [5.41, 5.74) is 10.1. The molecule has 1 heterocycles. The first-order valence-corrected chi connectivity index (χ1v) is 10.3. The normalized spacial score (nSPS) is 10.6. The Kier molecular flexibility index (Phi) is 7.44. The third kappa shape index (κ3) is 5.50. The van der Waals surface area contributed by atoms with Crippen LogP contribution in [0, 0.1) is 0 Å². The summed E-state index contributed by atoms with van der Waals surface area (Å²) >= 11 is 12.0. The molecule has 8 heteroatoms. The van der Waals surface area contributed by atoms with E-state index in [-0.39, 0.29) is 18.3 Å². The fourth-order valence-corrected chi connectivity index (χ4v) is 3.96. The molecule has 0 aliphatic rings. The fourth-order valence-electron chi connectivity index (χ4n) is 3.44. The number of anilines is 2. The van der Waals surface area contributed by atoms with Gasteiger partial charge in [-0.2, -0.15) is 0 Å². The van der Waals surface area contributed by atoms with Gasteiger partial charge in [0.1, 0.15) is 0 Å². The van der Waals surface area contributed by atoms with E-state index >= 15 is 0 Å². The summed E-state index contributed by atoms with van der Waals surface area (Å²) in [6.45, 7) is 0.768. The highest BCUT2D eigenvalue weighted by Crippen LogP contribution is 2.24. The van der Waals surface area contributed by atoms with Crippen LogP contribution < -0.4 is 11.1 Å². The van der Waals surface area contributed by atoms with Gasteiger partial charge >= 0.3 is 0 Å². The van der Waals surface area contributed by atoms with Crippen molar-refractivity contribution < 1.29 is 4.79 Å². The van der Waals surface area contributed by atoms with E-state index in [1.54, 1.807) is 18.2 Å². The molecule has 0 saturated heterocycles. The molecule has 4 rings (SSSR count). The maximum absolute atomic E-state index is 12.5. The number of hydrogen-bond donors (Lipinski definition) is 2. The largest absolute Gasteiger partial charge is 0.369 e. The number of nitrogens with two attached hydrogens (primary N) is 1. The van der Waals surface area contributed by atoms with E-state index in [1.807, 2.05) is 41.0 Å². The van der Waals surface area contributed by atoms with Crippen molar-refractivity contribution in [1.82, 2.24) is 9.55 Å². The number of aryl methyl sites for hydroxylation is 2. The summed E-state index contributed by atoms with van der Waals surface area (Å²) in [6, 6.07) is 20.6. The van der Waals surface area contributed by atoms with Crippen LogP contribution in [0.4, 0.5) is 11.6 Å². The quantitative estimate of drug-likeness (QED) is 0.347. The number of halogens is 3. The first kappa shape index (κ1) is 22.9. The van der Waals surface area contributed by atoms with Crippen LogP contribution in [0.5, 0.6) is 0 Å². The van der Waals surface area contributed by atoms with Gasteiger partial charge in [-0.25, -0.2) is 4.98 Å². The number of hydrogen-bond acceptors (Lipinski definition) is 3. The van der Waals surface area contributed by atoms with Crippen LogP contribution in [0.3, 0.4) is 0 Å². The van der Waals surface area contributed by atoms with Crippen LogP contribution in [0.2, 0.25) is 10.0 Å². The minimum absolute atomic E-state index is 0. The fraction of sp³-hybridized carbons (Fsp3) is 0.130. The number of amides is 1. The van der Waals surface area contributed by atoms with Crippen LogP contribution in [0.1, 0.15) is 22.3 Å². The number of nitrogens with zero attached hydrogens (tertiary/aromatic N) is 2. The molecule has 0 fully saturated rings. The molecular formula is C23H21Cl3N4O. The third-order valence-electron chi connectivity index (χ3n) is 4.85. The maximum Gasteiger partial charge on any atom is 0.255 e.